The highest BCUT2D eigenvalue weighted by Gasteiger charge is 2.23. The monoisotopic (exact) mass is 403 g/mol. The van der Waals surface area contributed by atoms with Gasteiger partial charge in [-0.15, -0.1) is 0 Å². The van der Waals surface area contributed by atoms with Crippen LogP contribution in [0, 0.1) is 0 Å². The third-order valence-corrected chi connectivity index (χ3v) is 5.78. The summed E-state index contributed by atoms with van der Waals surface area (Å²) in [6.45, 7) is 1.32. The van der Waals surface area contributed by atoms with Gasteiger partial charge in [0.15, 0.2) is 0 Å². The first-order chi connectivity index (χ1) is 14.7. The normalized spacial score (nSPS) is 15.0. The lowest BCUT2D eigenvalue weighted by Crippen LogP contribution is -2.29. The van der Waals surface area contributed by atoms with Crippen LogP contribution in [0.25, 0.3) is 33.1 Å². The predicted molar refractivity (Wildman–Crippen MR) is 114 cm³/mol. The van der Waals surface area contributed by atoms with Crippen LogP contribution in [-0.2, 0) is 16.6 Å². The van der Waals surface area contributed by atoms with Gasteiger partial charge < -0.3 is 10.1 Å². The van der Waals surface area contributed by atoms with E-state index in [-0.39, 0.29) is 11.7 Å². The van der Waals surface area contributed by atoms with Crippen molar-refractivity contribution in [1.82, 2.24) is 19.1 Å². The molecule has 1 aliphatic rings. The first kappa shape index (κ1) is 18.5. The summed E-state index contributed by atoms with van der Waals surface area (Å²) in [6, 6.07) is 9.79. The van der Waals surface area contributed by atoms with Gasteiger partial charge in [-0.05, 0) is 42.7 Å². The van der Waals surface area contributed by atoms with Crippen LogP contribution in [0.4, 0.5) is 5.82 Å². The molecule has 4 aromatic rings. The van der Waals surface area contributed by atoms with Crippen molar-refractivity contribution in [1.29, 1.82) is 0 Å². The van der Waals surface area contributed by atoms with Gasteiger partial charge in [0.2, 0.25) is 6.41 Å². The average molecular weight is 403 g/mol. The Balaban J connectivity index is 1.72. The molecule has 8 heteroatoms. The number of fused-ring (bicyclic) bond motifs is 3. The molecule has 1 aromatic carbocycles. The van der Waals surface area contributed by atoms with E-state index in [9.17, 15) is 9.59 Å². The number of aromatic nitrogens is 4. The number of benzene rings is 1. The van der Waals surface area contributed by atoms with E-state index in [0.717, 1.165) is 45.9 Å². The third kappa shape index (κ3) is 2.96. The van der Waals surface area contributed by atoms with E-state index < -0.39 is 0 Å². The van der Waals surface area contributed by atoms with Gasteiger partial charge in [-0.3, -0.25) is 18.9 Å². The first-order valence-corrected chi connectivity index (χ1v) is 9.91. The molecule has 1 saturated heterocycles. The highest BCUT2D eigenvalue weighted by atomic mass is 16.5. The van der Waals surface area contributed by atoms with Crippen molar-refractivity contribution in [3.8, 4) is 11.1 Å². The lowest BCUT2D eigenvalue weighted by Gasteiger charge is -2.23. The molecule has 0 bridgehead atoms. The Kier molecular flexibility index (Phi) is 4.55. The SMILES string of the molecule is Cn1c(=O)n(C2CCOCC2)c2c3cc(-c4ccc(NC=O)nc4)ccc3ncc21. The minimum atomic E-state index is -0.0254. The molecule has 3 aromatic heterocycles. The molecule has 5 rings (SSSR count). The number of pyridine rings is 2. The molecule has 1 fully saturated rings. The summed E-state index contributed by atoms with van der Waals surface area (Å²) >= 11 is 0. The second kappa shape index (κ2) is 7.38. The van der Waals surface area contributed by atoms with Gasteiger partial charge >= 0.3 is 5.69 Å². The minimum absolute atomic E-state index is 0.0254. The summed E-state index contributed by atoms with van der Waals surface area (Å²) < 4.78 is 9.09. The molecule has 4 heterocycles. The van der Waals surface area contributed by atoms with E-state index in [2.05, 4.69) is 21.4 Å². The minimum Gasteiger partial charge on any atom is -0.381 e. The van der Waals surface area contributed by atoms with Crippen molar-refractivity contribution in [2.24, 2.45) is 7.05 Å². The molecule has 1 aliphatic heterocycles. The maximum Gasteiger partial charge on any atom is 0.329 e. The van der Waals surface area contributed by atoms with E-state index in [1.165, 1.54) is 0 Å². The van der Waals surface area contributed by atoms with Crippen LogP contribution >= 0.6 is 0 Å². The van der Waals surface area contributed by atoms with Crippen LogP contribution < -0.4 is 11.0 Å². The third-order valence-electron chi connectivity index (χ3n) is 5.78. The quantitative estimate of drug-likeness (QED) is 0.529. The van der Waals surface area contributed by atoms with Crippen molar-refractivity contribution in [2.75, 3.05) is 18.5 Å². The number of carbonyl (C=O) groups excluding carboxylic acids is 1. The number of ether oxygens (including phenoxy) is 1. The topological polar surface area (TPSA) is 91.0 Å². The van der Waals surface area contributed by atoms with Crippen LogP contribution in [-0.4, -0.2) is 38.7 Å². The number of rotatable bonds is 4. The fourth-order valence-electron chi connectivity index (χ4n) is 4.20. The first-order valence-electron chi connectivity index (χ1n) is 9.91. The van der Waals surface area contributed by atoms with Crippen molar-refractivity contribution in [3.05, 3.63) is 53.2 Å². The molecule has 1 N–H and O–H groups in total. The summed E-state index contributed by atoms with van der Waals surface area (Å²) in [6.07, 6.45) is 5.73. The number of aryl methyl sites for hydroxylation is 1. The Morgan fingerprint density at radius 3 is 2.63 bits per heavy atom. The fourth-order valence-corrected chi connectivity index (χ4v) is 4.20. The zero-order valence-corrected chi connectivity index (χ0v) is 16.5. The van der Waals surface area contributed by atoms with E-state index >= 15 is 0 Å². The number of hydrogen-bond donors (Lipinski definition) is 1. The van der Waals surface area contributed by atoms with Crippen molar-refractivity contribution < 1.29 is 9.53 Å². The molecule has 0 unspecified atom stereocenters. The average Bonchev–Trinajstić information content (AvgIpc) is 3.05. The second-order valence-corrected chi connectivity index (χ2v) is 7.47. The Bertz CT molecular complexity index is 1300. The van der Waals surface area contributed by atoms with Crippen LogP contribution in [0.5, 0.6) is 0 Å². The van der Waals surface area contributed by atoms with Crippen molar-refractivity contribution >= 4 is 34.2 Å². The summed E-state index contributed by atoms with van der Waals surface area (Å²) in [5.74, 6) is 0.495. The molecule has 30 heavy (non-hydrogen) atoms. The van der Waals surface area contributed by atoms with Crippen LogP contribution in [0.1, 0.15) is 18.9 Å². The number of imidazole rings is 1. The molecule has 0 atom stereocenters. The van der Waals surface area contributed by atoms with Crippen LogP contribution in [0.2, 0.25) is 0 Å². The Hall–Kier alpha value is -3.52. The van der Waals surface area contributed by atoms with Gasteiger partial charge in [0.1, 0.15) is 5.82 Å². The zero-order chi connectivity index (χ0) is 20.7. The summed E-state index contributed by atoms with van der Waals surface area (Å²) in [5, 5.41) is 3.47. The second-order valence-electron chi connectivity index (χ2n) is 7.47. The highest BCUT2D eigenvalue weighted by molar-refractivity contribution is 6.04. The summed E-state index contributed by atoms with van der Waals surface area (Å²) in [7, 11) is 1.79. The number of amides is 1. The number of carbonyl (C=O) groups is 1. The summed E-state index contributed by atoms with van der Waals surface area (Å²) in [4.78, 5) is 32.5. The molecular weight excluding hydrogens is 382 g/mol. The number of nitrogens with one attached hydrogen (secondary N) is 1. The van der Waals surface area contributed by atoms with Crippen molar-refractivity contribution in [3.63, 3.8) is 0 Å². The van der Waals surface area contributed by atoms with E-state index in [1.807, 2.05) is 22.8 Å². The smallest absolute Gasteiger partial charge is 0.329 e. The van der Waals surface area contributed by atoms with Gasteiger partial charge in [0, 0.05) is 43.4 Å². The van der Waals surface area contributed by atoms with E-state index in [0.29, 0.717) is 25.4 Å². The van der Waals surface area contributed by atoms with Gasteiger partial charge in [-0.25, -0.2) is 9.78 Å². The highest BCUT2D eigenvalue weighted by Crippen LogP contribution is 2.31. The largest absolute Gasteiger partial charge is 0.381 e. The number of anilines is 1. The molecule has 0 spiro atoms. The zero-order valence-electron chi connectivity index (χ0n) is 16.5. The van der Waals surface area contributed by atoms with Crippen LogP contribution in [0.15, 0.2) is 47.5 Å². The molecule has 8 nitrogen and oxygen atoms in total. The van der Waals surface area contributed by atoms with Gasteiger partial charge in [-0.1, -0.05) is 6.07 Å². The maximum absolute atomic E-state index is 13.1. The Morgan fingerprint density at radius 2 is 1.90 bits per heavy atom. The van der Waals surface area contributed by atoms with E-state index in [4.69, 9.17) is 4.74 Å². The predicted octanol–water partition coefficient (Wildman–Crippen LogP) is 2.87. The Labute approximate surface area is 172 Å². The lowest BCUT2D eigenvalue weighted by molar-refractivity contribution is -0.105. The fraction of sp³-hybridized carbons (Fsp3) is 0.273. The molecule has 0 aliphatic carbocycles. The lowest BCUT2D eigenvalue weighted by atomic mass is 10.0. The number of nitrogens with zero attached hydrogens (tertiary/aromatic N) is 4. The number of hydrogen-bond acceptors (Lipinski definition) is 5. The van der Waals surface area contributed by atoms with Gasteiger partial charge in [0.25, 0.3) is 0 Å². The molecular formula is C22H21N5O3. The van der Waals surface area contributed by atoms with Gasteiger partial charge in [-0.2, -0.15) is 0 Å². The summed E-state index contributed by atoms with van der Waals surface area (Å²) in [5.41, 5.74) is 4.43. The maximum atomic E-state index is 13.1. The molecule has 1 amide bonds. The standard InChI is InChI=1S/C22H21N5O3/c1-26-19-12-23-18-4-2-14(15-3-5-20(24-11-15)25-13-28)10-17(18)21(19)27(22(26)29)16-6-8-30-9-7-16/h2-5,10-13,16H,6-9H2,1H3,(H,24,25,28). The molecule has 152 valence electrons. The van der Waals surface area contributed by atoms with E-state index in [1.54, 1.807) is 30.1 Å². The Morgan fingerprint density at radius 1 is 1.10 bits per heavy atom. The van der Waals surface area contributed by atoms with Crippen molar-refractivity contribution in [2.45, 2.75) is 18.9 Å². The molecule has 0 radical (unpaired) electrons. The van der Waals surface area contributed by atoms with Gasteiger partial charge in [0.05, 0.1) is 22.7 Å². The van der Waals surface area contributed by atoms with Crippen LogP contribution in [0.3, 0.4) is 0 Å². The molecule has 0 saturated carbocycles.